The van der Waals surface area contributed by atoms with Gasteiger partial charge < -0.3 is 15.5 Å². The molecule has 0 aliphatic carbocycles. The Kier molecular flexibility index (Phi) is 3.93. The van der Waals surface area contributed by atoms with E-state index in [4.69, 9.17) is 5.73 Å². The van der Waals surface area contributed by atoms with Gasteiger partial charge in [-0.05, 0) is 48.9 Å². The number of fused-ring (bicyclic) bond motifs is 2. The highest BCUT2D eigenvalue weighted by molar-refractivity contribution is 5.84. The maximum Gasteiger partial charge on any atom is 0.161 e. The minimum atomic E-state index is 0.658. The van der Waals surface area contributed by atoms with E-state index in [0.29, 0.717) is 5.69 Å². The van der Waals surface area contributed by atoms with Gasteiger partial charge in [-0.3, -0.25) is 0 Å². The standard InChI is InChI=1S/C22H23N5/c23-20-21(26-13-5-9-16-7-1-3-11-18(16)26)24-15-25-22(20)27-14-6-10-17-8-2-4-12-19(17)27/h1-4,7-8,11-12,15H,5-6,9-10,13-14,23H2. The van der Waals surface area contributed by atoms with Crippen molar-refractivity contribution < 1.29 is 0 Å². The average molecular weight is 357 g/mol. The molecule has 2 aliphatic heterocycles. The van der Waals surface area contributed by atoms with E-state index in [0.717, 1.165) is 50.4 Å². The molecule has 0 bridgehead atoms. The fourth-order valence-corrected chi connectivity index (χ4v) is 4.31. The first-order valence-electron chi connectivity index (χ1n) is 9.64. The third-order valence-corrected chi connectivity index (χ3v) is 5.57. The number of aryl methyl sites for hydroxylation is 2. The maximum absolute atomic E-state index is 6.65. The number of benzene rings is 2. The molecule has 3 aromatic rings. The molecule has 5 nitrogen and oxygen atoms in total. The van der Waals surface area contributed by atoms with Crippen molar-refractivity contribution in [3.63, 3.8) is 0 Å². The summed E-state index contributed by atoms with van der Waals surface area (Å²) in [6, 6.07) is 17.1. The Morgan fingerprint density at radius 1 is 0.704 bits per heavy atom. The number of nitrogen functional groups attached to an aromatic ring is 1. The Labute approximate surface area is 159 Å². The number of hydrogen-bond acceptors (Lipinski definition) is 5. The molecular weight excluding hydrogens is 334 g/mol. The average Bonchev–Trinajstić information content (AvgIpc) is 2.73. The van der Waals surface area contributed by atoms with Crippen LogP contribution in [0.3, 0.4) is 0 Å². The van der Waals surface area contributed by atoms with Crippen LogP contribution in [0.15, 0.2) is 54.9 Å². The second-order valence-electron chi connectivity index (χ2n) is 7.20. The highest BCUT2D eigenvalue weighted by atomic mass is 15.3. The molecule has 0 spiro atoms. The van der Waals surface area contributed by atoms with Crippen molar-refractivity contribution in [2.24, 2.45) is 0 Å². The predicted octanol–water partition coefficient (Wildman–Crippen LogP) is 4.23. The molecule has 2 aliphatic rings. The molecule has 0 unspecified atom stereocenters. The lowest BCUT2D eigenvalue weighted by molar-refractivity contribution is 0.750. The van der Waals surface area contributed by atoms with Gasteiger partial charge in [-0.1, -0.05) is 36.4 Å². The highest BCUT2D eigenvalue weighted by Crippen LogP contribution is 2.41. The first kappa shape index (κ1) is 16.1. The smallest absolute Gasteiger partial charge is 0.161 e. The molecule has 1 aromatic heterocycles. The zero-order valence-electron chi connectivity index (χ0n) is 15.3. The van der Waals surface area contributed by atoms with Gasteiger partial charge in [0.05, 0.1) is 0 Å². The second kappa shape index (κ2) is 6.58. The third-order valence-electron chi connectivity index (χ3n) is 5.57. The van der Waals surface area contributed by atoms with Gasteiger partial charge in [0.15, 0.2) is 11.6 Å². The van der Waals surface area contributed by atoms with Gasteiger partial charge in [-0.25, -0.2) is 9.97 Å². The lowest BCUT2D eigenvalue weighted by Crippen LogP contribution is -2.29. The monoisotopic (exact) mass is 357 g/mol. The van der Waals surface area contributed by atoms with Crippen molar-refractivity contribution in [1.29, 1.82) is 0 Å². The Morgan fingerprint density at radius 3 is 1.70 bits per heavy atom. The zero-order valence-corrected chi connectivity index (χ0v) is 15.3. The van der Waals surface area contributed by atoms with Crippen LogP contribution >= 0.6 is 0 Å². The number of aromatic nitrogens is 2. The highest BCUT2D eigenvalue weighted by Gasteiger charge is 2.26. The lowest BCUT2D eigenvalue weighted by Gasteiger charge is -2.34. The van der Waals surface area contributed by atoms with E-state index in [9.17, 15) is 0 Å². The number of para-hydroxylation sites is 2. The molecule has 27 heavy (non-hydrogen) atoms. The molecule has 2 N–H and O–H groups in total. The first-order valence-corrected chi connectivity index (χ1v) is 9.64. The Bertz CT molecular complexity index is 908. The van der Waals surface area contributed by atoms with Crippen LogP contribution in [-0.4, -0.2) is 23.1 Å². The van der Waals surface area contributed by atoms with Crippen LogP contribution in [0.4, 0.5) is 28.7 Å². The van der Waals surface area contributed by atoms with Crippen molar-refractivity contribution in [3.8, 4) is 0 Å². The maximum atomic E-state index is 6.65. The number of hydrogen-bond donors (Lipinski definition) is 1. The van der Waals surface area contributed by atoms with E-state index in [1.165, 1.54) is 22.5 Å². The molecule has 5 rings (SSSR count). The number of anilines is 5. The lowest BCUT2D eigenvalue weighted by atomic mass is 10.0. The van der Waals surface area contributed by atoms with E-state index >= 15 is 0 Å². The molecule has 0 amide bonds. The molecule has 0 saturated carbocycles. The quantitative estimate of drug-likeness (QED) is 0.744. The van der Waals surface area contributed by atoms with E-state index in [1.54, 1.807) is 6.33 Å². The minimum Gasteiger partial charge on any atom is -0.393 e. The van der Waals surface area contributed by atoms with Gasteiger partial charge >= 0.3 is 0 Å². The normalized spacial score (nSPS) is 16.0. The molecule has 3 heterocycles. The van der Waals surface area contributed by atoms with E-state index in [2.05, 4.69) is 68.3 Å². The molecule has 0 fully saturated rings. The Balaban J connectivity index is 1.59. The van der Waals surface area contributed by atoms with Gasteiger partial charge in [-0.2, -0.15) is 0 Å². The van der Waals surface area contributed by atoms with E-state index in [1.807, 2.05) is 0 Å². The summed E-state index contributed by atoms with van der Waals surface area (Å²) in [7, 11) is 0. The van der Waals surface area contributed by atoms with Crippen LogP contribution in [0.25, 0.3) is 0 Å². The van der Waals surface area contributed by atoms with Crippen molar-refractivity contribution in [3.05, 3.63) is 66.0 Å². The molecule has 136 valence electrons. The second-order valence-corrected chi connectivity index (χ2v) is 7.20. The topological polar surface area (TPSA) is 58.3 Å². The molecule has 5 heteroatoms. The largest absolute Gasteiger partial charge is 0.393 e. The summed E-state index contributed by atoms with van der Waals surface area (Å²) in [4.78, 5) is 13.6. The van der Waals surface area contributed by atoms with E-state index in [-0.39, 0.29) is 0 Å². The third kappa shape index (κ3) is 2.70. The summed E-state index contributed by atoms with van der Waals surface area (Å²) < 4.78 is 0. The van der Waals surface area contributed by atoms with Crippen LogP contribution in [0.5, 0.6) is 0 Å². The van der Waals surface area contributed by atoms with Crippen LogP contribution in [0, 0.1) is 0 Å². The summed E-state index contributed by atoms with van der Waals surface area (Å²) in [5.41, 5.74) is 12.4. The van der Waals surface area contributed by atoms with Gasteiger partial charge in [0.25, 0.3) is 0 Å². The molecule has 0 saturated heterocycles. The summed E-state index contributed by atoms with van der Waals surface area (Å²) >= 11 is 0. The van der Waals surface area contributed by atoms with Crippen molar-refractivity contribution in [2.45, 2.75) is 25.7 Å². The van der Waals surface area contributed by atoms with Gasteiger partial charge in [0.1, 0.15) is 12.0 Å². The van der Waals surface area contributed by atoms with Gasteiger partial charge in [0.2, 0.25) is 0 Å². The Morgan fingerprint density at radius 2 is 1.19 bits per heavy atom. The molecular formula is C22H23N5. The van der Waals surface area contributed by atoms with Crippen molar-refractivity contribution >= 4 is 28.7 Å². The fourth-order valence-electron chi connectivity index (χ4n) is 4.31. The van der Waals surface area contributed by atoms with Crippen LogP contribution in [0.1, 0.15) is 24.0 Å². The van der Waals surface area contributed by atoms with Crippen LogP contribution < -0.4 is 15.5 Å². The van der Waals surface area contributed by atoms with Gasteiger partial charge in [-0.15, -0.1) is 0 Å². The van der Waals surface area contributed by atoms with Crippen molar-refractivity contribution in [1.82, 2.24) is 9.97 Å². The van der Waals surface area contributed by atoms with Crippen LogP contribution in [0.2, 0.25) is 0 Å². The minimum absolute atomic E-state index is 0.658. The van der Waals surface area contributed by atoms with Crippen molar-refractivity contribution in [2.75, 3.05) is 28.6 Å². The first-order chi connectivity index (χ1) is 13.3. The fraction of sp³-hybridized carbons (Fsp3) is 0.273. The number of nitrogens with zero attached hydrogens (tertiary/aromatic N) is 4. The van der Waals surface area contributed by atoms with Gasteiger partial charge in [0, 0.05) is 24.5 Å². The summed E-state index contributed by atoms with van der Waals surface area (Å²) in [6.07, 6.45) is 6.05. The summed E-state index contributed by atoms with van der Waals surface area (Å²) in [5.74, 6) is 1.63. The Hall–Kier alpha value is -3.08. The molecule has 2 aromatic carbocycles. The van der Waals surface area contributed by atoms with Crippen LogP contribution in [-0.2, 0) is 12.8 Å². The SMILES string of the molecule is Nc1c(N2CCCc3ccccc32)ncnc1N1CCCc2ccccc21. The molecule has 0 radical (unpaired) electrons. The predicted molar refractivity (Wildman–Crippen MR) is 110 cm³/mol. The zero-order chi connectivity index (χ0) is 18.2. The number of nitrogens with two attached hydrogens (primary N) is 1. The van der Waals surface area contributed by atoms with E-state index < -0.39 is 0 Å². The summed E-state index contributed by atoms with van der Waals surface area (Å²) in [5, 5.41) is 0. The number of rotatable bonds is 2. The summed E-state index contributed by atoms with van der Waals surface area (Å²) in [6.45, 7) is 1.85. The molecule has 0 atom stereocenters.